The van der Waals surface area contributed by atoms with Gasteiger partial charge in [-0.2, -0.15) is 0 Å². The summed E-state index contributed by atoms with van der Waals surface area (Å²) in [6, 6.07) is 8.11. The molecule has 0 saturated heterocycles. The van der Waals surface area contributed by atoms with E-state index in [1.165, 1.54) is 9.75 Å². The molecule has 0 radical (unpaired) electrons. The number of amides is 1. The molecule has 2 aromatic heterocycles. The highest BCUT2D eigenvalue weighted by Gasteiger charge is 2.15. The summed E-state index contributed by atoms with van der Waals surface area (Å²) >= 11 is 3.33. The number of carbonyl (C=O) groups excluding carboxylic acids is 1. The van der Waals surface area contributed by atoms with Gasteiger partial charge in [-0.3, -0.25) is 4.79 Å². The Balaban J connectivity index is 1.78. The summed E-state index contributed by atoms with van der Waals surface area (Å²) in [5.74, 6) is 0.151. The molecule has 5 nitrogen and oxygen atoms in total. The number of carbonyl (C=O) groups is 1. The first kappa shape index (κ1) is 20.1. The molecule has 8 heteroatoms. The largest absolute Gasteiger partial charge is 0.332 e. The van der Waals surface area contributed by atoms with Crippen molar-refractivity contribution in [1.29, 1.82) is 0 Å². The predicted molar refractivity (Wildman–Crippen MR) is 104 cm³/mol. The molecule has 0 unspecified atom stereocenters. The lowest BCUT2D eigenvalue weighted by molar-refractivity contribution is -0.132. The van der Waals surface area contributed by atoms with Crippen LogP contribution in [0.4, 0.5) is 0 Å². The molecule has 138 valence electrons. The SMILES string of the molecule is CS(=O)(=O)NCCCCCC(=O)N(Cc1cccs1)Cc1cccs1. The third-order valence-corrected chi connectivity index (χ3v) is 6.09. The highest BCUT2D eigenvalue weighted by molar-refractivity contribution is 7.88. The number of hydrogen-bond acceptors (Lipinski definition) is 5. The molecule has 25 heavy (non-hydrogen) atoms. The van der Waals surface area contributed by atoms with Crippen LogP contribution in [0.5, 0.6) is 0 Å². The molecule has 0 atom stereocenters. The number of hydrogen-bond donors (Lipinski definition) is 1. The normalized spacial score (nSPS) is 11.6. The van der Waals surface area contributed by atoms with Crippen LogP contribution >= 0.6 is 22.7 Å². The lowest BCUT2D eigenvalue weighted by Crippen LogP contribution is -2.29. The number of nitrogens with zero attached hydrogens (tertiary/aromatic N) is 1. The second kappa shape index (κ2) is 10.1. The Morgan fingerprint density at radius 1 is 1.04 bits per heavy atom. The first-order chi connectivity index (χ1) is 11.9. The predicted octanol–water partition coefficient (Wildman–Crippen LogP) is 3.45. The minimum absolute atomic E-state index is 0.151. The van der Waals surface area contributed by atoms with Gasteiger partial charge in [0.25, 0.3) is 0 Å². The third-order valence-electron chi connectivity index (χ3n) is 3.64. The summed E-state index contributed by atoms with van der Waals surface area (Å²) < 4.78 is 24.5. The van der Waals surface area contributed by atoms with Crippen molar-refractivity contribution in [2.75, 3.05) is 12.8 Å². The molecule has 0 aliphatic carbocycles. The van der Waals surface area contributed by atoms with Crippen LogP contribution in [0.15, 0.2) is 35.0 Å². The van der Waals surface area contributed by atoms with E-state index < -0.39 is 10.0 Å². The van der Waals surface area contributed by atoms with Crippen molar-refractivity contribution >= 4 is 38.6 Å². The van der Waals surface area contributed by atoms with E-state index in [4.69, 9.17) is 0 Å². The van der Waals surface area contributed by atoms with Crippen molar-refractivity contribution in [2.24, 2.45) is 0 Å². The fraction of sp³-hybridized carbons (Fsp3) is 0.471. The van der Waals surface area contributed by atoms with Crippen LogP contribution in [-0.2, 0) is 27.9 Å². The molecule has 0 aromatic carbocycles. The maximum Gasteiger partial charge on any atom is 0.223 e. The van der Waals surface area contributed by atoms with Crippen LogP contribution in [0.25, 0.3) is 0 Å². The zero-order chi connectivity index (χ0) is 18.1. The van der Waals surface area contributed by atoms with Crippen LogP contribution in [0, 0.1) is 0 Å². The van der Waals surface area contributed by atoms with Gasteiger partial charge >= 0.3 is 0 Å². The molecule has 0 spiro atoms. The molecule has 0 aliphatic rings. The van der Waals surface area contributed by atoms with E-state index in [1.54, 1.807) is 22.7 Å². The summed E-state index contributed by atoms with van der Waals surface area (Å²) in [7, 11) is -3.12. The van der Waals surface area contributed by atoms with E-state index in [2.05, 4.69) is 16.9 Å². The van der Waals surface area contributed by atoms with E-state index in [0.29, 0.717) is 26.1 Å². The molecule has 1 amide bonds. The average Bonchev–Trinajstić information content (AvgIpc) is 3.22. The standard InChI is InChI=1S/C17H24N2O3S3/c1-25(21,22)18-10-4-2-3-9-17(20)19(13-15-7-5-11-23-15)14-16-8-6-12-24-16/h5-8,11-12,18H,2-4,9-10,13-14H2,1H3. The Kier molecular flexibility index (Phi) is 8.08. The summed E-state index contributed by atoms with van der Waals surface area (Å²) in [5.41, 5.74) is 0. The number of nitrogens with one attached hydrogen (secondary N) is 1. The smallest absolute Gasteiger partial charge is 0.223 e. The van der Waals surface area contributed by atoms with Gasteiger partial charge in [0.15, 0.2) is 0 Å². The van der Waals surface area contributed by atoms with Crippen LogP contribution in [0.2, 0.25) is 0 Å². The second-order valence-electron chi connectivity index (χ2n) is 5.89. The fourth-order valence-corrected chi connectivity index (χ4v) is 4.36. The molecule has 0 saturated carbocycles. The molecule has 2 heterocycles. The summed E-state index contributed by atoms with van der Waals surface area (Å²) in [6.07, 6.45) is 4.01. The Bertz CT molecular complexity index is 689. The molecular weight excluding hydrogens is 376 g/mol. The number of rotatable bonds is 11. The van der Waals surface area contributed by atoms with Crippen molar-refractivity contribution in [3.05, 3.63) is 44.8 Å². The molecule has 0 aliphatic heterocycles. The van der Waals surface area contributed by atoms with Crippen molar-refractivity contribution < 1.29 is 13.2 Å². The van der Waals surface area contributed by atoms with Gasteiger partial charge in [0.05, 0.1) is 19.3 Å². The molecule has 2 rings (SSSR count). The maximum atomic E-state index is 12.6. The minimum atomic E-state index is -3.12. The van der Waals surface area contributed by atoms with E-state index in [9.17, 15) is 13.2 Å². The fourth-order valence-electron chi connectivity index (χ4n) is 2.41. The lowest BCUT2D eigenvalue weighted by atomic mass is 10.1. The Morgan fingerprint density at radius 3 is 2.12 bits per heavy atom. The van der Waals surface area contributed by atoms with Gasteiger partial charge in [-0.25, -0.2) is 13.1 Å². The summed E-state index contributed by atoms with van der Waals surface area (Å²) in [5, 5.41) is 4.05. The number of sulfonamides is 1. The highest BCUT2D eigenvalue weighted by Crippen LogP contribution is 2.18. The van der Waals surface area contributed by atoms with E-state index >= 15 is 0 Å². The van der Waals surface area contributed by atoms with Crippen LogP contribution in [-0.4, -0.2) is 32.0 Å². The van der Waals surface area contributed by atoms with Crippen LogP contribution in [0.3, 0.4) is 0 Å². The quantitative estimate of drug-likeness (QED) is 0.588. The van der Waals surface area contributed by atoms with Crippen molar-refractivity contribution in [3.63, 3.8) is 0 Å². The van der Waals surface area contributed by atoms with E-state index in [-0.39, 0.29) is 5.91 Å². The molecule has 0 bridgehead atoms. The van der Waals surface area contributed by atoms with Gasteiger partial charge in [-0.05, 0) is 35.7 Å². The van der Waals surface area contributed by atoms with Gasteiger partial charge < -0.3 is 4.90 Å². The van der Waals surface area contributed by atoms with Crippen LogP contribution < -0.4 is 4.72 Å². The Hall–Kier alpha value is -1.22. The molecular formula is C17H24N2O3S3. The average molecular weight is 401 g/mol. The third kappa shape index (κ3) is 8.13. The second-order valence-corrected chi connectivity index (χ2v) is 9.78. The topological polar surface area (TPSA) is 66.5 Å². The van der Waals surface area contributed by atoms with Crippen molar-refractivity contribution in [1.82, 2.24) is 9.62 Å². The summed E-state index contributed by atoms with van der Waals surface area (Å²) in [4.78, 5) is 16.9. The summed E-state index contributed by atoms with van der Waals surface area (Å²) in [6.45, 7) is 1.72. The van der Waals surface area contributed by atoms with E-state index in [0.717, 1.165) is 25.5 Å². The monoisotopic (exact) mass is 400 g/mol. The zero-order valence-corrected chi connectivity index (χ0v) is 16.8. The maximum absolute atomic E-state index is 12.6. The number of unbranched alkanes of at least 4 members (excludes halogenated alkanes) is 2. The van der Waals surface area contributed by atoms with Crippen LogP contribution in [0.1, 0.15) is 35.4 Å². The first-order valence-corrected chi connectivity index (χ1v) is 11.9. The molecule has 1 N–H and O–H groups in total. The minimum Gasteiger partial charge on any atom is -0.332 e. The Morgan fingerprint density at radius 2 is 1.64 bits per heavy atom. The van der Waals surface area contributed by atoms with E-state index in [1.807, 2.05) is 27.8 Å². The van der Waals surface area contributed by atoms with Gasteiger partial charge in [-0.1, -0.05) is 18.6 Å². The lowest BCUT2D eigenvalue weighted by Gasteiger charge is -2.21. The van der Waals surface area contributed by atoms with Gasteiger partial charge in [-0.15, -0.1) is 22.7 Å². The number of thiophene rings is 2. The highest BCUT2D eigenvalue weighted by atomic mass is 32.2. The van der Waals surface area contributed by atoms with Gasteiger partial charge in [0.2, 0.25) is 15.9 Å². The molecule has 0 fully saturated rings. The van der Waals surface area contributed by atoms with Gasteiger partial charge in [0.1, 0.15) is 0 Å². The zero-order valence-electron chi connectivity index (χ0n) is 14.3. The molecule has 2 aromatic rings. The Labute approximate surface area is 157 Å². The first-order valence-electron chi connectivity index (χ1n) is 8.21. The van der Waals surface area contributed by atoms with Crippen molar-refractivity contribution in [3.8, 4) is 0 Å². The van der Waals surface area contributed by atoms with Gasteiger partial charge in [0, 0.05) is 22.7 Å². The van der Waals surface area contributed by atoms with Crippen molar-refractivity contribution in [2.45, 2.75) is 38.8 Å².